The molecule has 0 unspecified atom stereocenters. The molecule has 80 valence electrons. The van der Waals surface area contributed by atoms with Gasteiger partial charge in [-0.15, -0.1) is 0 Å². The molecule has 1 aromatic heterocycles. The molecule has 4 heteroatoms. The molecule has 0 spiro atoms. The van der Waals surface area contributed by atoms with Crippen molar-refractivity contribution < 1.29 is 5.11 Å². The summed E-state index contributed by atoms with van der Waals surface area (Å²) in [7, 11) is 0. The number of aromatic nitrogens is 1. The normalized spacial score (nSPS) is 10.1. The molecule has 1 rings (SSSR count). The fourth-order valence-corrected chi connectivity index (χ4v) is 1.42. The Kier molecular flexibility index (Phi) is 4.07. The maximum atomic E-state index is 8.93. The number of anilines is 1. The van der Waals surface area contributed by atoms with Gasteiger partial charge in [-0.3, -0.25) is 0 Å². The van der Waals surface area contributed by atoms with E-state index in [9.17, 15) is 0 Å². The first-order valence-electron chi connectivity index (χ1n) is 4.92. The molecule has 0 saturated heterocycles. The minimum Gasteiger partial charge on any atom is -0.395 e. The van der Waals surface area contributed by atoms with E-state index in [1.807, 2.05) is 30.9 Å². The van der Waals surface area contributed by atoms with Crippen LogP contribution in [0.4, 0.5) is 5.69 Å². The lowest BCUT2D eigenvalue weighted by Gasteiger charge is -2.27. The minimum absolute atomic E-state index is 0.109. The largest absolute Gasteiger partial charge is 0.395 e. The molecule has 0 atom stereocenters. The molecule has 0 bridgehead atoms. The Morgan fingerprint density at radius 2 is 2.27 bits per heavy atom. The molecule has 0 aliphatic rings. The summed E-state index contributed by atoms with van der Waals surface area (Å²) in [5.41, 5.74) is 1.34. The first-order valence-corrected chi connectivity index (χ1v) is 4.92. The predicted molar refractivity (Wildman–Crippen MR) is 58.5 cm³/mol. The molecule has 0 aliphatic heterocycles. The lowest BCUT2D eigenvalue weighted by molar-refractivity contribution is 0.299. The zero-order valence-corrected chi connectivity index (χ0v) is 9.01. The van der Waals surface area contributed by atoms with Gasteiger partial charge in [0.2, 0.25) is 0 Å². The highest BCUT2D eigenvalue weighted by atomic mass is 16.3. The van der Waals surface area contributed by atoms with E-state index in [2.05, 4.69) is 4.98 Å². The Balaban J connectivity index is 2.87. The number of hydrogen-bond acceptors (Lipinski definition) is 4. The Morgan fingerprint density at radius 1 is 1.53 bits per heavy atom. The molecular weight excluding hydrogens is 190 g/mol. The van der Waals surface area contributed by atoms with Crippen molar-refractivity contribution in [3.8, 4) is 6.07 Å². The predicted octanol–water partition coefficient (Wildman–Crippen LogP) is 1.16. The summed E-state index contributed by atoms with van der Waals surface area (Å²) < 4.78 is 0. The third-order valence-electron chi connectivity index (χ3n) is 2.16. The molecular formula is C11H15N3O. The van der Waals surface area contributed by atoms with E-state index in [0.29, 0.717) is 18.3 Å². The molecule has 4 nitrogen and oxygen atoms in total. The van der Waals surface area contributed by atoms with Gasteiger partial charge in [-0.1, -0.05) is 0 Å². The molecule has 0 radical (unpaired) electrons. The fourth-order valence-electron chi connectivity index (χ4n) is 1.42. The summed E-state index contributed by atoms with van der Waals surface area (Å²) in [6, 6.07) is 5.80. The van der Waals surface area contributed by atoms with Crippen molar-refractivity contribution >= 4 is 5.69 Å². The lowest BCUT2D eigenvalue weighted by atomic mass is 10.2. The Labute approximate surface area is 89.8 Å². The molecule has 0 fully saturated rings. The van der Waals surface area contributed by atoms with Crippen molar-refractivity contribution in [1.29, 1.82) is 5.26 Å². The quantitative estimate of drug-likeness (QED) is 0.801. The molecule has 1 heterocycles. The van der Waals surface area contributed by atoms with Crippen LogP contribution in [0.15, 0.2) is 18.3 Å². The van der Waals surface area contributed by atoms with Crippen LogP contribution < -0.4 is 4.90 Å². The van der Waals surface area contributed by atoms with Crippen LogP contribution in [0.25, 0.3) is 0 Å². The number of aliphatic hydroxyl groups excluding tert-OH is 1. The number of aliphatic hydroxyl groups is 1. The van der Waals surface area contributed by atoms with E-state index in [0.717, 1.165) is 5.69 Å². The SMILES string of the molecule is CC(C)N(CCO)c1ccc(C#N)nc1. The van der Waals surface area contributed by atoms with E-state index < -0.39 is 0 Å². The van der Waals surface area contributed by atoms with Gasteiger partial charge in [0.15, 0.2) is 0 Å². The summed E-state index contributed by atoms with van der Waals surface area (Å²) in [5, 5.41) is 17.5. The zero-order chi connectivity index (χ0) is 11.3. The molecule has 0 amide bonds. The Bertz CT molecular complexity index is 340. The number of rotatable bonds is 4. The monoisotopic (exact) mass is 205 g/mol. The third-order valence-corrected chi connectivity index (χ3v) is 2.16. The van der Waals surface area contributed by atoms with Gasteiger partial charge in [-0.25, -0.2) is 4.98 Å². The molecule has 15 heavy (non-hydrogen) atoms. The maximum absolute atomic E-state index is 8.93. The van der Waals surface area contributed by atoms with Crippen molar-refractivity contribution in [2.45, 2.75) is 19.9 Å². The van der Waals surface area contributed by atoms with Crippen molar-refractivity contribution in [2.24, 2.45) is 0 Å². The van der Waals surface area contributed by atoms with Gasteiger partial charge in [-0.2, -0.15) is 5.26 Å². The lowest BCUT2D eigenvalue weighted by Crippen LogP contribution is -2.33. The first kappa shape index (κ1) is 11.5. The van der Waals surface area contributed by atoms with E-state index in [1.165, 1.54) is 0 Å². The van der Waals surface area contributed by atoms with Gasteiger partial charge in [-0.05, 0) is 26.0 Å². The van der Waals surface area contributed by atoms with E-state index in [4.69, 9.17) is 10.4 Å². The van der Waals surface area contributed by atoms with Crippen molar-refractivity contribution in [3.63, 3.8) is 0 Å². The van der Waals surface area contributed by atoms with Crippen LogP contribution in [0.2, 0.25) is 0 Å². The molecule has 1 aromatic rings. The van der Waals surface area contributed by atoms with Gasteiger partial charge in [0.05, 0.1) is 18.5 Å². The number of nitrogens with zero attached hydrogens (tertiary/aromatic N) is 3. The second kappa shape index (κ2) is 5.32. The van der Waals surface area contributed by atoms with Gasteiger partial charge in [0.25, 0.3) is 0 Å². The second-order valence-electron chi connectivity index (χ2n) is 3.52. The van der Waals surface area contributed by atoms with Gasteiger partial charge in [0, 0.05) is 12.6 Å². The summed E-state index contributed by atoms with van der Waals surface area (Å²) >= 11 is 0. The average Bonchev–Trinajstić information content (AvgIpc) is 2.26. The third kappa shape index (κ3) is 2.93. The smallest absolute Gasteiger partial charge is 0.140 e. The zero-order valence-electron chi connectivity index (χ0n) is 9.01. The highest BCUT2D eigenvalue weighted by Crippen LogP contribution is 2.15. The summed E-state index contributed by atoms with van der Waals surface area (Å²) in [5.74, 6) is 0. The van der Waals surface area contributed by atoms with E-state index in [-0.39, 0.29) is 6.61 Å². The first-order chi connectivity index (χ1) is 7.19. The highest BCUT2D eigenvalue weighted by molar-refractivity contribution is 5.46. The second-order valence-corrected chi connectivity index (χ2v) is 3.52. The molecule has 0 saturated carbocycles. The van der Waals surface area contributed by atoms with Crippen LogP contribution in [-0.4, -0.2) is 29.3 Å². The van der Waals surface area contributed by atoms with Gasteiger partial charge >= 0.3 is 0 Å². The van der Waals surface area contributed by atoms with Crippen molar-refractivity contribution in [3.05, 3.63) is 24.0 Å². The minimum atomic E-state index is 0.109. The Hall–Kier alpha value is -1.60. The molecule has 0 aromatic carbocycles. The summed E-state index contributed by atoms with van der Waals surface area (Å²) in [4.78, 5) is 6.03. The van der Waals surface area contributed by atoms with Crippen molar-refractivity contribution in [2.75, 3.05) is 18.1 Å². The standard InChI is InChI=1S/C11H15N3O/c1-9(2)14(5-6-15)11-4-3-10(7-12)13-8-11/h3-4,8-9,15H,5-6H2,1-2H3. The van der Waals surface area contributed by atoms with E-state index >= 15 is 0 Å². The highest BCUT2D eigenvalue weighted by Gasteiger charge is 2.09. The topological polar surface area (TPSA) is 60.1 Å². The molecule has 1 N–H and O–H groups in total. The number of nitriles is 1. The van der Waals surface area contributed by atoms with Crippen molar-refractivity contribution in [1.82, 2.24) is 4.98 Å². The van der Waals surface area contributed by atoms with Crippen LogP contribution >= 0.6 is 0 Å². The fraction of sp³-hybridized carbons (Fsp3) is 0.455. The van der Waals surface area contributed by atoms with Crippen LogP contribution in [0.3, 0.4) is 0 Å². The van der Waals surface area contributed by atoms with Gasteiger partial charge in [0.1, 0.15) is 11.8 Å². The van der Waals surface area contributed by atoms with Crippen LogP contribution in [0.1, 0.15) is 19.5 Å². The van der Waals surface area contributed by atoms with Crippen LogP contribution in [0, 0.1) is 11.3 Å². The molecule has 0 aliphatic carbocycles. The summed E-state index contributed by atoms with van der Waals surface area (Å²) in [6.07, 6.45) is 1.66. The number of hydrogen-bond donors (Lipinski definition) is 1. The summed E-state index contributed by atoms with van der Waals surface area (Å²) in [6.45, 7) is 4.78. The van der Waals surface area contributed by atoms with E-state index in [1.54, 1.807) is 12.3 Å². The van der Waals surface area contributed by atoms with Crippen LogP contribution in [-0.2, 0) is 0 Å². The Morgan fingerprint density at radius 3 is 2.67 bits per heavy atom. The number of pyridine rings is 1. The maximum Gasteiger partial charge on any atom is 0.140 e. The average molecular weight is 205 g/mol. The van der Waals surface area contributed by atoms with Crippen LogP contribution in [0.5, 0.6) is 0 Å². The van der Waals surface area contributed by atoms with Gasteiger partial charge < -0.3 is 10.0 Å².